The molecule has 0 saturated carbocycles. The van der Waals surface area contributed by atoms with Crippen LogP contribution in [0.15, 0.2) is 0 Å². The van der Waals surface area contributed by atoms with Crippen molar-refractivity contribution in [1.82, 2.24) is 16.2 Å². The van der Waals surface area contributed by atoms with Gasteiger partial charge in [0.1, 0.15) is 0 Å². The van der Waals surface area contributed by atoms with E-state index in [9.17, 15) is 4.79 Å². The number of carbonyl (C=O) groups is 1. The first-order valence-electron chi connectivity index (χ1n) is 6.66. The molecular weight excluding hydrogens is 250 g/mol. The molecule has 1 fully saturated rings. The molecule has 104 valence electrons. The number of carbonyl (C=O) groups excluding carboxylic acids is 1. The first-order chi connectivity index (χ1) is 8.72. The number of rotatable bonds is 6. The zero-order valence-electron chi connectivity index (χ0n) is 11.0. The molecule has 0 spiro atoms. The fraction of sp³-hybridized carbons (Fsp3) is 0.833. The molecule has 0 radical (unpaired) electrons. The van der Waals surface area contributed by atoms with E-state index in [2.05, 4.69) is 23.1 Å². The molecule has 0 aromatic carbocycles. The van der Waals surface area contributed by atoms with E-state index in [4.69, 9.17) is 17.0 Å². The van der Waals surface area contributed by atoms with E-state index in [0.29, 0.717) is 18.1 Å². The van der Waals surface area contributed by atoms with Gasteiger partial charge < -0.3 is 10.1 Å². The Morgan fingerprint density at radius 3 is 2.89 bits per heavy atom. The minimum atomic E-state index is -0.0234. The van der Waals surface area contributed by atoms with Gasteiger partial charge in [-0.15, -0.1) is 0 Å². The number of ether oxygens (including phenoxy) is 1. The molecular formula is C12H23N3O2S. The van der Waals surface area contributed by atoms with Gasteiger partial charge in [-0.2, -0.15) is 0 Å². The molecule has 1 amide bonds. The lowest BCUT2D eigenvalue weighted by molar-refractivity contribution is -0.121. The summed E-state index contributed by atoms with van der Waals surface area (Å²) in [5, 5.41) is 3.47. The van der Waals surface area contributed by atoms with Crippen molar-refractivity contribution >= 4 is 23.2 Å². The van der Waals surface area contributed by atoms with Crippen LogP contribution in [0.3, 0.4) is 0 Å². The summed E-state index contributed by atoms with van der Waals surface area (Å²) in [6.45, 7) is 3.64. The van der Waals surface area contributed by atoms with Crippen LogP contribution >= 0.6 is 12.2 Å². The Hall–Kier alpha value is -0.880. The Labute approximate surface area is 114 Å². The normalized spacial score (nSPS) is 18.4. The fourth-order valence-corrected chi connectivity index (χ4v) is 1.91. The Balaban J connectivity index is 1.99. The topological polar surface area (TPSA) is 62.4 Å². The van der Waals surface area contributed by atoms with Crippen molar-refractivity contribution in [3.63, 3.8) is 0 Å². The first-order valence-corrected chi connectivity index (χ1v) is 7.07. The van der Waals surface area contributed by atoms with Crippen molar-refractivity contribution in [3.8, 4) is 0 Å². The minimum absolute atomic E-state index is 0.0234. The highest BCUT2D eigenvalue weighted by Crippen LogP contribution is 2.10. The zero-order chi connectivity index (χ0) is 13.2. The molecule has 0 aliphatic carbocycles. The van der Waals surface area contributed by atoms with Crippen molar-refractivity contribution in [2.45, 2.75) is 51.6 Å². The second-order valence-corrected chi connectivity index (χ2v) is 4.88. The third kappa shape index (κ3) is 6.76. The third-order valence-electron chi connectivity index (χ3n) is 2.84. The smallest absolute Gasteiger partial charge is 0.238 e. The Bertz CT molecular complexity index is 268. The van der Waals surface area contributed by atoms with Crippen molar-refractivity contribution in [1.29, 1.82) is 0 Å². The van der Waals surface area contributed by atoms with Gasteiger partial charge in [0, 0.05) is 19.6 Å². The second kappa shape index (κ2) is 9.10. The second-order valence-electron chi connectivity index (χ2n) is 4.48. The molecule has 0 aromatic rings. The van der Waals surface area contributed by atoms with Crippen LogP contribution in [0.25, 0.3) is 0 Å². The molecule has 0 aromatic heterocycles. The number of hydrogen-bond donors (Lipinski definition) is 3. The van der Waals surface area contributed by atoms with E-state index in [0.717, 1.165) is 38.7 Å². The van der Waals surface area contributed by atoms with Gasteiger partial charge >= 0.3 is 0 Å². The van der Waals surface area contributed by atoms with Crippen LogP contribution in [0.1, 0.15) is 45.4 Å². The summed E-state index contributed by atoms with van der Waals surface area (Å²) in [4.78, 5) is 11.4. The monoisotopic (exact) mass is 273 g/mol. The molecule has 1 rings (SSSR count). The average Bonchev–Trinajstić information content (AvgIpc) is 2.87. The lowest BCUT2D eigenvalue weighted by Crippen LogP contribution is -2.48. The predicted octanol–water partition coefficient (Wildman–Crippen LogP) is 1.24. The van der Waals surface area contributed by atoms with Crippen LogP contribution in [0.4, 0.5) is 0 Å². The lowest BCUT2D eigenvalue weighted by Gasteiger charge is -2.14. The largest absolute Gasteiger partial charge is 0.376 e. The maximum atomic E-state index is 11.4. The summed E-state index contributed by atoms with van der Waals surface area (Å²) in [5.74, 6) is -0.0234. The SMILES string of the molecule is CCCCCC(=O)NNC(=S)NC[C@H]1CCCO1. The summed E-state index contributed by atoms with van der Waals surface area (Å²) >= 11 is 5.05. The number of amides is 1. The van der Waals surface area contributed by atoms with Crippen LogP contribution in [0.2, 0.25) is 0 Å². The fourth-order valence-electron chi connectivity index (χ4n) is 1.78. The lowest BCUT2D eigenvalue weighted by atomic mass is 10.2. The standard InChI is InChI=1S/C12H23N3O2S/c1-2-3-4-7-11(16)14-15-12(18)13-9-10-6-5-8-17-10/h10H,2-9H2,1H3,(H,14,16)(H2,13,15,18)/t10-/m1/s1. The summed E-state index contributed by atoms with van der Waals surface area (Å²) in [7, 11) is 0. The van der Waals surface area contributed by atoms with Crippen LogP contribution in [-0.2, 0) is 9.53 Å². The zero-order valence-corrected chi connectivity index (χ0v) is 11.8. The Kier molecular flexibility index (Phi) is 7.68. The molecule has 3 N–H and O–H groups in total. The van der Waals surface area contributed by atoms with Crippen molar-refractivity contribution < 1.29 is 9.53 Å². The number of hydrazine groups is 1. The highest BCUT2D eigenvalue weighted by atomic mass is 32.1. The van der Waals surface area contributed by atoms with Gasteiger partial charge in [-0.25, -0.2) is 0 Å². The van der Waals surface area contributed by atoms with Gasteiger partial charge in [0.25, 0.3) is 0 Å². The van der Waals surface area contributed by atoms with Gasteiger partial charge in [-0.3, -0.25) is 15.6 Å². The average molecular weight is 273 g/mol. The highest BCUT2D eigenvalue weighted by molar-refractivity contribution is 7.80. The van der Waals surface area contributed by atoms with Gasteiger partial charge in [0.2, 0.25) is 5.91 Å². The maximum absolute atomic E-state index is 11.4. The number of hydrogen-bond acceptors (Lipinski definition) is 3. The molecule has 6 heteroatoms. The van der Waals surface area contributed by atoms with Gasteiger partial charge in [-0.05, 0) is 31.5 Å². The quantitative estimate of drug-likeness (QED) is 0.386. The van der Waals surface area contributed by atoms with Crippen molar-refractivity contribution in [2.75, 3.05) is 13.2 Å². The van der Waals surface area contributed by atoms with Crippen LogP contribution in [-0.4, -0.2) is 30.3 Å². The number of unbranched alkanes of at least 4 members (excludes halogenated alkanes) is 2. The molecule has 0 bridgehead atoms. The third-order valence-corrected chi connectivity index (χ3v) is 3.08. The minimum Gasteiger partial charge on any atom is -0.376 e. The molecule has 1 aliphatic rings. The van der Waals surface area contributed by atoms with Crippen LogP contribution in [0.5, 0.6) is 0 Å². The molecule has 5 nitrogen and oxygen atoms in total. The van der Waals surface area contributed by atoms with Gasteiger partial charge in [0.15, 0.2) is 5.11 Å². The molecule has 0 unspecified atom stereocenters. The van der Waals surface area contributed by atoms with E-state index in [1.54, 1.807) is 0 Å². The van der Waals surface area contributed by atoms with Crippen LogP contribution < -0.4 is 16.2 Å². The van der Waals surface area contributed by atoms with E-state index in [1.807, 2.05) is 0 Å². The predicted molar refractivity (Wildman–Crippen MR) is 75.0 cm³/mol. The molecule has 18 heavy (non-hydrogen) atoms. The maximum Gasteiger partial charge on any atom is 0.238 e. The Morgan fingerprint density at radius 2 is 2.22 bits per heavy atom. The number of nitrogens with one attached hydrogen (secondary N) is 3. The van der Waals surface area contributed by atoms with E-state index in [-0.39, 0.29) is 12.0 Å². The first kappa shape index (κ1) is 15.2. The van der Waals surface area contributed by atoms with E-state index >= 15 is 0 Å². The number of thiocarbonyl (C=S) groups is 1. The molecule has 1 atom stereocenters. The molecule has 1 saturated heterocycles. The molecule has 1 heterocycles. The van der Waals surface area contributed by atoms with Crippen molar-refractivity contribution in [3.05, 3.63) is 0 Å². The highest BCUT2D eigenvalue weighted by Gasteiger charge is 2.15. The summed E-state index contributed by atoms with van der Waals surface area (Å²) in [6.07, 6.45) is 6.07. The van der Waals surface area contributed by atoms with Gasteiger partial charge in [-0.1, -0.05) is 19.8 Å². The Morgan fingerprint density at radius 1 is 1.39 bits per heavy atom. The summed E-state index contributed by atoms with van der Waals surface area (Å²) < 4.78 is 5.46. The van der Waals surface area contributed by atoms with Crippen LogP contribution in [0, 0.1) is 0 Å². The summed E-state index contributed by atoms with van der Waals surface area (Å²) in [6, 6.07) is 0. The summed E-state index contributed by atoms with van der Waals surface area (Å²) in [5.41, 5.74) is 5.28. The van der Waals surface area contributed by atoms with E-state index < -0.39 is 0 Å². The van der Waals surface area contributed by atoms with Crippen molar-refractivity contribution in [2.24, 2.45) is 0 Å². The van der Waals surface area contributed by atoms with Gasteiger partial charge in [0.05, 0.1) is 6.10 Å². The van der Waals surface area contributed by atoms with E-state index in [1.165, 1.54) is 0 Å². The molecule has 1 aliphatic heterocycles.